The van der Waals surface area contributed by atoms with Gasteiger partial charge in [-0.3, -0.25) is 19.8 Å². The lowest BCUT2D eigenvalue weighted by molar-refractivity contribution is -0.140. The highest BCUT2D eigenvalue weighted by Crippen LogP contribution is 2.48. The molecule has 10 heteroatoms. The van der Waals surface area contributed by atoms with E-state index < -0.39 is 11.9 Å². The molecule has 2 heterocycles. The molecule has 0 bridgehead atoms. The number of fused-ring (bicyclic) bond motifs is 2. The first-order valence-electron chi connectivity index (χ1n) is 12.5. The van der Waals surface area contributed by atoms with E-state index in [-0.39, 0.29) is 53.2 Å². The Labute approximate surface area is 224 Å². The number of hydrogen-bond donors (Lipinski definition) is 2. The summed E-state index contributed by atoms with van der Waals surface area (Å²) >= 11 is 5.85. The quantitative estimate of drug-likeness (QED) is 0.272. The van der Waals surface area contributed by atoms with Crippen LogP contribution in [0.5, 0.6) is 0 Å². The van der Waals surface area contributed by atoms with Gasteiger partial charge in [-0.2, -0.15) is 0 Å². The van der Waals surface area contributed by atoms with Gasteiger partial charge in [0.2, 0.25) is 11.8 Å². The summed E-state index contributed by atoms with van der Waals surface area (Å²) in [4.78, 5) is 42.4. The zero-order valence-corrected chi connectivity index (χ0v) is 22.2. The van der Waals surface area contributed by atoms with Crippen molar-refractivity contribution in [1.82, 2.24) is 19.7 Å². The molecule has 3 aromatic rings. The molecule has 1 aliphatic heterocycles. The van der Waals surface area contributed by atoms with E-state index >= 15 is 0 Å². The molecule has 1 aliphatic carbocycles. The molecule has 0 radical (unpaired) electrons. The van der Waals surface area contributed by atoms with E-state index in [0.717, 1.165) is 6.42 Å². The molecule has 2 aromatic carbocycles. The number of benzene rings is 2. The Balaban J connectivity index is 1.37. The Kier molecular flexibility index (Phi) is 6.73. The van der Waals surface area contributed by atoms with Crippen LogP contribution < -0.4 is 5.32 Å². The standard InChI is InChI=1S/C28H29ClFN5O3/c1-15(36)20-13-34(23-9-16(7-8-19(20)23)27(31)33(2)3)14-25(37)35-22-10-18(22)11-24(35)28(38)32-12-17-5-4-6-21(29)26(17)30/h4-9,13,18,22,24,31H,10-12,14H2,1-3H3,(H,32,38)/t18-,22-,24+/m1/s1. The molecule has 1 saturated carbocycles. The first-order chi connectivity index (χ1) is 18.1. The number of aromatic nitrogens is 1. The number of rotatable bonds is 7. The van der Waals surface area contributed by atoms with E-state index in [1.165, 1.54) is 13.0 Å². The Morgan fingerprint density at radius 1 is 1.18 bits per heavy atom. The molecule has 8 nitrogen and oxygen atoms in total. The minimum atomic E-state index is -0.639. The number of nitrogens with zero attached hydrogens (tertiary/aromatic N) is 3. The number of Topliss-reactive ketones (excluding diaryl/α,β-unsaturated/α-hetero) is 1. The normalized spacial score (nSPS) is 19.8. The Morgan fingerprint density at radius 2 is 1.95 bits per heavy atom. The van der Waals surface area contributed by atoms with Crippen LogP contribution >= 0.6 is 11.6 Å². The van der Waals surface area contributed by atoms with Crippen LogP contribution in [0.2, 0.25) is 5.02 Å². The lowest BCUT2D eigenvalue weighted by Gasteiger charge is -2.27. The molecule has 2 aliphatic rings. The second kappa shape index (κ2) is 9.87. The van der Waals surface area contributed by atoms with Crippen molar-refractivity contribution >= 4 is 45.9 Å². The van der Waals surface area contributed by atoms with Gasteiger partial charge in [-0.1, -0.05) is 35.9 Å². The number of carbonyl (C=O) groups is 3. The minimum absolute atomic E-state index is 0.00717. The number of piperidine rings is 1. The highest BCUT2D eigenvalue weighted by molar-refractivity contribution is 6.30. The van der Waals surface area contributed by atoms with Crippen LogP contribution in [-0.2, 0) is 22.7 Å². The molecule has 5 rings (SSSR count). The van der Waals surface area contributed by atoms with Gasteiger partial charge in [-0.05, 0) is 37.8 Å². The SMILES string of the molecule is CC(=O)c1cn(CC(=O)N2[C@@H]3C[C@@H]3C[C@H]2C(=O)NCc2cccc(Cl)c2F)c2cc(C(=N)N(C)C)ccc12. The van der Waals surface area contributed by atoms with Crippen molar-refractivity contribution < 1.29 is 18.8 Å². The average Bonchev–Trinajstić information content (AvgIpc) is 3.39. The molecule has 1 saturated heterocycles. The summed E-state index contributed by atoms with van der Waals surface area (Å²) in [5.41, 5.74) is 2.12. The molecular formula is C28H29ClFN5O3. The monoisotopic (exact) mass is 537 g/mol. The first kappa shape index (κ1) is 25.9. The molecule has 0 unspecified atom stereocenters. The van der Waals surface area contributed by atoms with Crippen molar-refractivity contribution in [2.75, 3.05) is 14.1 Å². The van der Waals surface area contributed by atoms with Gasteiger partial charge < -0.3 is 19.7 Å². The number of ketones is 1. The number of hydrogen-bond acceptors (Lipinski definition) is 4. The maximum absolute atomic E-state index is 14.3. The van der Waals surface area contributed by atoms with Gasteiger partial charge in [-0.25, -0.2) is 4.39 Å². The van der Waals surface area contributed by atoms with Gasteiger partial charge in [-0.15, -0.1) is 0 Å². The van der Waals surface area contributed by atoms with Gasteiger partial charge in [0, 0.05) is 60.5 Å². The van der Waals surface area contributed by atoms with Crippen LogP contribution in [0.25, 0.3) is 10.9 Å². The fourth-order valence-corrected chi connectivity index (χ4v) is 5.56. The van der Waals surface area contributed by atoms with Gasteiger partial charge in [0.1, 0.15) is 24.2 Å². The molecule has 2 amide bonds. The highest BCUT2D eigenvalue weighted by Gasteiger charge is 2.55. The Bertz CT molecular complexity index is 1480. The largest absolute Gasteiger partial charge is 0.363 e. The second-order valence-corrected chi connectivity index (χ2v) is 10.7. The smallest absolute Gasteiger partial charge is 0.243 e. The van der Waals surface area contributed by atoms with Crippen molar-refractivity contribution in [2.45, 2.75) is 44.9 Å². The molecule has 1 aromatic heterocycles. The fraction of sp³-hybridized carbons (Fsp3) is 0.357. The van der Waals surface area contributed by atoms with Gasteiger partial charge >= 0.3 is 0 Å². The summed E-state index contributed by atoms with van der Waals surface area (Å²) in [5, 5.41) is 11.8. The molecule has 0 spiro atoms. The molecule has 2 fully saturated rings. The average molecular weight is 538 g/mol. The lowest BCUT2D eigenvalue weighted by Crippen LogP contribution is -2.48. The fourth-order valence-electron chi connectivity index (χ4n) is 5.37. The van der Waals surface area contributed by atoms with Crippen LogP contribution in [0.4, 0.5) is 4.39 Å². The van der Waals surface area contributed by atoms with Crippen molar-refractivity contribution in [3.8, 4) is 0 Å². The topological polar surface area (TPSA) is 98.5 Å². The van der Waals surface area contributed by atoms with Gasteiger partial charge in [0.05, 0.1) is 5.02 Å². The summed E-state index contributed by atoms with van der Waals surface area (Å²) in [6, 6.07) is 9.40. The van der Waals surface area contributed by atoms with Crippen LogP contribution in [0.15, 0.2) is 42.6 Å². The number of likely N-dealkylation sites (tertiary alicyclic amines) is 1. The third kappa shape index (κ3) is 4.67. The zero-order valence-electron chi connectivity index (χ0n) is 21.4. The number of carbonyl (C=O) groups excluding carboxylic acids is 3. The second-order valence-electron chi connectivity index (χ2n) is 10.2. The lowest BCUT2D eigenvalue weighted by atomic mass is 10.1. The van der Waals surface area contributed by atoms with E-state index in [1.54, 1.807) is 58.9 Å². The Hall–Kier alpha value is -3.72. The van der Waals surface area contributed by atoms with E-state index in [9.17, 15) is 18.8 Å². The van der Waals surface area contributed by atoms with Crippen molar-refractivity contribution in [2.24, 2.45) is 5.92 Å². The minimum Gasteiger partial charge on any atom is -0.363 e. The summed E-state index contributed by atoms with van der Waals surface area (Å²) in [6.07, 6.45) is 3.09. The van der Waals surface area contributed by atoms with Crippen molar-refractivity contribution in [3.63, 3.8) is 0 Å². The molecule has 198 valence electrons. The summed E-state index contributed by atoms with van der Waals surface area (Å²) < 4.78 is 16.0. The van der Waals surface area contributed by atoms with Crippen LogP contribution in [0.3, 0.4) is 0 Å². The molecule has 2 N–H and O–H groups in total. The molecular weight excluding hydrogens is 509 g/mol. The van der Waals surface area contributed by atoms with Crippen LogP contribution in [0, 0.1) is 17.1 Å². The van der Waals surface area contributed by atoms with Crippen molar-refractivity contribution in [3.05, 3.63) is 70.1 Å². The maximum atomic E-state index is 14.3. The molecule has 38 heavy (non-hydrogen) atoms. The number of amides is 2. The van der Waals surface area contributed by atoms with Crippen LogP contribution in [-0.4, -0.2) is 64.0 Å². The van der Waals surface area contributed by atoms with Gasteiger partial charge in [0.15, 0.2) is 5.78 Å². The van der Waals surface area contributed by atoms with Crippen LogP contribution in [0.1, 0.15) is 41.3 Å². The maximum Gasteiger partial charge on any atom is 0.243 e. The highest BCUT2D eigenvalue weighted by atomic mass is 35.5. The number of nitrogens with one attached hydrogen (secondary N) is 2. The Morgan fingerprint density at radius 3 is 2.66 bits per heavy atom. The van der Waals surface area contributed by atoms with Gasteiger partial charge in [0.25, 0.3) is 0 Å². The van der Waals surface area contributed by atoms with E-state index in [2.05, 4.69) is 5.32 Å². The number of halogens is 2. The van der Waals surface area contributed by atoms with E-state index in [1.807, 2.05) is 6.07 Å². The van der Waals surface area contributed by atoms with Crippen molar-refractivity contribution in [1.29, 1.82) is 5.41 Å². The number of amidine groups is 1. The summed E-state index contributed by atoms with van der Waals surface area (Å²) in [5.74, 6) is -0.648. The zero-order chi connectivity index (χ0) is 27.3. The predicted molar refractivity (Wildman–Crippen MR) is 143 cm³/mol. The predicted octanol–water partition coefficient (Wildman–Crippen LogP) is 3.83. The molecule has 3 atom stereocenters. The third-order valence-corrected chi connectivity index (χ3v) is 7.76. The summed E-state index contributed by atoms with van der Waals surface area (Å²) in [7, 11) is 3.56. The van der Waals surface area contributed by atoms with E-state index in [0.29, 0.717) is 34.3 Å². The third-order valence-electron chi connectivity index (χ3n) is 7.47. The summed E-state index contributed by atoms with van der Waals surface area (Å²) in [6.45, 7) is 1.41. The van der Waals surface area contributed by atoms with E-state index in [4.69, 9.17) is 17.0 Å². The first-order valence-corrected chi connectivity index (χ1v) is 12.9.